The molecule has 0 bridgehead atoms. The fourth-order valence-electron chi connectivity index (χ4n) is 1.74. The molecule has 0 aliphatic heterocycles. The number of rotatable bonds is 4. The van der Waals surface area contributed by atoms with Crippen molar-refractivity contribution in [1.82, 2.24) is 0 Å². The van der Waals surface area contributed by atoms with Gasteiger partial charge in [-0.1, -0.05) is 28.1 Å². The first-order valence-electron chi connectivity index (χ1n) is 6.10. The Labute approximate surface area is 125 Å². The lowest BCUT2D eigenvalue weighted by molar-refractivity contribution is -0.114. The molecule has 5 heteroatoms. The van der Waals surface area contributed by atoms with E-state index in [1.54, 1.807) is 12.1 Å². The van der Waals surface area contributed by atoms with Gasteiger partial charge in [0.05, 0.1) is 12.2 Å². The molecule has 1 amide bonds. The van der Waals surface area contributed by atoms with E-state index in [9.17, 15) is 9.18 Å². The molecule has 2 aromatic carbocycles. The van der Waals surface area contributed by atoms with Gasteiger partial charge < -0.3 is 10.6 Å². The molecule has 0 saturated heterocycles. The van der Waals surface area contributed by atoms with Gasteiger partial charge in [0.25, 0.3) is 0 Å². The van der Waals surface area contributed by atoms with Crippen LogP contribution in [0.1, 0.15) is 5.56 Å². The Hall–Kier alpha value is -1.88. The summed E-state index contributed by atoms with van der Waals surface area (Å²) in [5, 5.41) is 5.52. The SMILES string of the molecule is Cc1cccc(NC(=O)CNc2ccc(Br)cc2F)c1. The van der Waals surface area contributed by atoms with Crippen molar-refractivity contribution in [3.8, 4) is 0 Å². The number of hydrogen-bond donors (Lipinski definition) is 2. The molecule has 0 radical (unpaired) electrons. The first kappa shape index (κ1) is 14.5. The molecule has 20 heavy (non-hydrogen) atoms. The number of halogens is 2. The highest BCUT2D eigenvalue weighted by atomic mass is 79.9. The molecule has 0 aromatic heterocycles. The third kappa shape index (κ3) is 4.06. The molecule has 0 unspecified atom stereocenters. The quantitative estimate of drug-likeness (QED) is 0.887. The van der Waals surface area contributed by atoms with E-state index in [4.69, 9.17) is 0 Å². The van der Waals surface area contributed by atoms with Crippen LogP contribution < -0.4 is 10.6 Å². The zero-order chi connectivity index (χ0) is 14.5. The molecule has 2 rings (SSSR count). The second kappa shape index (κ2) is 6.52. The summed E-state index contributed by atoms with van der Waals surface area (Å²) < 4.78 is 14.2. The van der Waals surface area contributed by atoms with Crippen molar-refractivity contribution in [2.24, 2.45) is 0 Å². The van der Waals surface area contributed by atoms with E-state index in [2.05, 4.69) is 26.6 Å². The van der Waals surface area contributed by atoms with Crippen LogP contribution in [0.4, 0.5) is 15.8 Å². The average Bonchev–Trinajstić information content (AvgIpc) is 2.37. The van der Waals surface area contributed by atoms with Crippen LogP contribution in [0.25, 0.3) is 0 Å². The summed E-state index contributed by atoms with van der Waals surface area (Å²) >= 11 is 3.18. The first-order chi connectivity index (χ1) is 9.54. The minimum Gasteiger partial charge on any atom is -0.374 e. The minimum absolute atomic E-state index is 0.00644. The van der Waals surface area contributed by atoms with E-state index < -0.39 is 5.82 Å². The van der Waals surface area contributed by atoms with Crippen molar-refractivity contribution < 1.29 is 9.18 Å². The predicted molar refractivity (Wildman–Crippen MR) is 82.4 cm³/mol. The Morgan fingerprint density at radius 1 is 1.25 bits per heavy atom. The van der Waals surface area contributed by atoms with Crippen LogP contribution in [0.3, 0.4) is 0 Å². The molecule has 0 heterocycles. The van der Waals surface area contributed by atoms with Crippen LogP contribution in [0.15, 0.2) is 46.9 Å². The number of carbonyl (C=O) groups is 1. The summed E-state index contributed by atoms with van der Waals surface area (Å²) in [6.45, 7) is 1.96. The van der Waals surface area contributed by atoms with Crippen molar-refractivity contribution in [2.75, 3.05) is 17.2 Å². The van der Waals surface area contributed by atoms with E-state index in [1.807, 2.05) is 31.2 Å². The monoisotopic (exact) mass is 336 g/mol. The average molecular weight is 337 g/mol. The standard InChI is InChI=1S/C15H14BrFN2O/c1-10-3-2-4-12(7-10)19-15(20)9-18-14-6-5-11(16)8-13(14)17/h2-8,18H,9H2,1H3,(H,19,20). The van der Waals surface area contributed by atoms with Gasteiger partial charge >= 0.3 is 0 Å². The third-order valence-electron chi connectivity index (χ3n) is 2.67. The van der Waals surface area contributed by atoms with Crippen molar-refractivity contribution >= 4 is 33.2 Å². The molecule has 0 fully saturated rings. The second-order valence-corrected chi connectivity index (χ2v) is 5.31. The molecule has 0 aliphatic carbocycles. The van der Waals surface area contributed by atoms with Gasteiger partial charge in [0, 0.05) is 10.2 Å². The number of nitrogens with one attached hydrogen (secondary N) is 2. The Morgan fingerprint density at radius 3 is 2.75 bits per heavy atom. The van der Waals surface area contributed by atoms with E-state index in [0.717, 1.165) is 11.3 Å². The predicted octanol–water partition coefficient (Wildman–Crippen LogP) is 3.95. The zero-order valence-electron chi connectivity index (χ0n) is 10.9. The summed E-state index contributed by atoms with van der Waals surface area (Å²) in [6, 6.07) is 12.1. The van der Waals surface area contributed by atoms with Gasteiger partial charge in [0.1, 0.15) is 5.82 Å². The zero-order valence-corrected chi connectivity index (χ0v) is 12.5. The summed E-state index contributed by atoms with van der Waals surface area (Å²) in [5.74, 6) is -0.624. The van der Waals surface area contributed by atoms with Crippen LogP contribution in [0.2, 0.25) is 0 Å². The Bertz CT molecular complexity index is 631. The van der Waals surface area contributed by atoms with Crippen LogP contribution in [0.5, 0.6) is 0 Å². The van der Waals surface area contributed by atoms with Gasteiger partial charge in [-0.2, -0.15) is 0 Å². The third-order valence-corrected chi connectivity index (χ3v) is 3.17. The lowest BCUT2D eigenvalue weighted by Crippen LogP contribution is -2.22. The van der Waals surface area contributed by atoms with E-state index in [1.165, 1.54) is 6.07 Å². The number of aryl methyl sites for hydroxylation is 1. The minimum atomic E-state index is -0.400. The van der Waals surface area contributed by atoms with Crippen LogP contribution in [-0.2, 0) is 4.79 Å². The Balaban J connectivity index is 1.92. The summed E-state index contributed by atoms with van der Waals surface area (Å²) in [4.78, 5) is 11.8. The highest BCUT2D eigenvalue weighted by molar-refractivity contribution is 9.10. The van der Waals surface area contributed by atoms with Crippen LogP contribution in [-0.4, -0.2) is 12.5 Å². The lowest BCUT2D eigenvalue weighted by atomic mass is 10.2. The number of anilines is 2. The maximum Gasteiger partial charge on any atom is 0.243 e. The highest BCUT2D eigenvalue weighted by Crippen LogP contribution is 2.19. The Kier molecular flexibility index (Phi) is 4.74. The maximum atomic E-state index is 13.6. The number of hydrogen-bond acceptors (Lipinski definition) is 2. The van der Waals surface area contributed by atoms with Gasteiger partial charge in [-0.3, -0.25) is 4.79 Å². The summed E-state index contributed by atoms with van der Waals surface area (Å²) in [6.07, 6.45) is 0. The van der Waals surface area contributed by atoms with Crippen molar-refractivity contribution in [2.45, 2.75) is 6.92 Å². The fourth-order valence-corrected chi connectivity index (χ4v) is 2.07. The number of amides is 1. The number of carbonyl (C=O) groups excluding carboxylic acids is 1. The summed E-state index contributed by atoms with van der Waals surface area (Å²) in [7, 11) is 0. The molecular weight excluding hydrogens is 323 g/mol. The van der Waals surface area contributed by atoms with Crippen LogP contribution in [0, 0.1) is 12.7 Å². The smallest absolute Gasteiger partial charge is 0.243 e. The fraction of sp³-hybridized carbons (Fsp3) is 0.133. The maximum absolute atomic E-state index is 13.6. The molecular formula is C15H14BrFN2O. The molecule has 2 aromatic rings. The van der Waals surface area contributed by atoms with Gasteiger partial charge in [-0.25, -0.2) is 4.39 Å². The van der Waals surface area contributed by atoms with Crippen molar-refractivity contribution in [1.29, 1.82) is 0 Å². The molecule has 0 atom stereocenters. The number of benzene rings is 2. The normalized spacial score (nSPS) is 10.2. The molecule has 2 N–H and O–H groups in total. The van der Waals surface area contributed by atoms with Gasteiger partial charge in [0.2, 0.25) is 5.91 Å². The lowest BCUT2D eigenvalue weighted by Gasteiger charge is -2.09. The topological polar surface area (TPSA) is 41.1 Å². The molecule has 0 spiro atoms. The molecule has 0 aliphatic rings. The summed E-state index contributed by atoms with van der Waals surface area (Å²) in [5.41, 5.74) is 2.09. The largest absolute Gasteiger partial charge is 0.374 e. The van der Waals surface area contributed by atoms with Crippen LogP contribution >= 0.6 is 15.9 Å². The first-order valence-corrected chi connectivity index (χ1v) is 6.89. The van der Waals surface area contributed by atoms with E-state index in [-0.39, 0.29) is 12.5 Å². The van der Waals surface area contributed by atoms with Gasteiger partial charge in [-0.05, 0) is 42.8 Å². The molecule has 3 nitrogen and oxygen atoms in total. The van der Waals surface area contributed by atoms with E-state index >= 15 is 0 Å². The Morgan fingerprint density at radius 2 is 2.05 bits per heavy atom. The van der Waals surface area contributed by atoms with E-state index in [0.29, 0.717) is 10.2 Å². The highest BCUT2D eigenvalue weighted by Gasteiger charge is 2.06. The van der Waals surface area contributed by atoms with Gasteiger partial charge in [0.15, 0.2) is 0 Å². The van der Waals surface area contributed by atoms with Gasteiger partial charge in [-0.15, -0.1) is 0 Å². The second-order valence-electron chi connectivity index (χ2n) is 4.40. The van der Waals surface area contributed by atoms with Crippen molar-refractivity contribution in [3.63, 3.8) is 0 Å². The molecule has 104 valence electrons. The molecule has 0 saturated carbocycles. The van der Waals surface area contributed by atoms with Crippen molar-refractivity contribution in [3.05, 3.63) is 58.3 Å².